The van der Waals surface area contributed by atoms with E-state index in [0.717, 1.165) is 22.2 Å². The highest BCUT2D eigenvalue weighted by Crippen LogP contribution is 2.40. The van der Waals surface area contributed by atoms with Crippen LogP contribution < -0.4 is 5.32 Å². The molecule has 0 spiro atoms. The van der Waals surface area contributed by atoms with Crippen LogP contribution in [0.2, 0.25) is 0 Å². The fraction of sp³-hybridized carbons (Fsp3) is 0.273. The zero-order valence-electron chi connectivity index (χ0n) is 17.5. The summed E-state index contributed by atoms with van der Waals surface area (Å²) in [6.45, 7) is 8.20. The number of hydrogen-bond acceptors (Lipinski definition) is 6. The Morgan fingerprint density at radius 2 is 1.90 bits per heavy atom. The van der Waals surface area contributed by atoms with E-state index >= 15 is 0 Å². The third kappa shape index (κ3) is 4.71. The first-order valence-electron chi connectivity index (χ1n) is 9.84. The molecule has 4 rings (SSSR count). The highest BCUT2D eigenvalue weighted by atomic mass is 32.2. The number of nitrogens with one attached hydrogen (secondary N) is 1. The Balaban J connectivity index is 1.73. The molecular formula is C22H24N6S2. The Labute approximate surface area is 185 Å². The van der Waals surface area contributed by atoms with Gasteiger partial charge in [-0.1, -0.05) is 72.0 Å². The second-order valence-electron chi connectivity index (χ2n) is 7.06. The molecule has 1 aliphatic rings. The molecule has 1 aliphatic heterocycles. The topological polar surface area (TPSA) is 65.8 Å². The van der Waals surface area contributed by atoms with Gasteiger partial charge >= 0.3 is 0 Å². The minimum atomic E-state index is 0.000209. The van der Waals surface area contributed by atoms with Crippen LogP contribution in [0.3, 0.4) is 0 Å². The van der Waals surface area contributed by atoms with Gasteiger partial charge in [-0.25, -0.2) is 5.01 Å². The minimum absolute atomic E-state index is 0.000209. The second kappa shape index (κ2) is 8.97. The van der Waals surface area contributed by atoms with Crippen LogP contribution in [0.5, 0.6) is 0 Å². The van der Waals surface area contributed by atoms with E-state index in [4.69, 9.17) is 10.1 Å². The highest BCUT2D eigenvalue weighted by molar-refractivity contribution is 8.14. The SMILES string of the molecule is CCc1cccc(N/C(=N\c2nnc(C)s2)N2N=C(C)SC2c2ccc(C)cc2)c1. The molecule has 1 N–H and O–H groups in total. The van der Waals surface area contributed by atoms with Crippen LogP contribution in [0, 0.1) is 13.8 Å². The Morgan fingerprint density at radius 1 is 1.10 bits per heavy atom. The van der Waals surface area contributed by atoms with Crippen LogP contribution in [-0.4, -0.2) is 26.2 Å². The molecule has 2 aromatic carbocycles. The summed E-state index contributed by atoms with van der Waals surface area (Å²) in [7, 11) is 0. The molecule has 0 saturated carbocycles. The number of aliphatic imine (C=N–C) groups is 1. The summed E-state index contributed by atoms with van der Waals surface area (Å²) in [5.74, 6) is 0.634. The van der Waals surface area contributed by atoms with Crippen LogP contribution in [0.4, 0.5) is 10.8 Å². The van der Waals surface area contributed by atoms with Gasteiger partial charge in [-0.15, -0.1) is 10.2 Å². The van der Waals surface area contributed by atoms with Crippen molar-refractivity contribution >= 4 is 44.9 Å². The molecule has 0 amide bonds. The van der Waals surface area contributed by atoms with Crippen LogP contribution >= 0.6 is 23.1 Å². The van der Waals surface area contributed by atoms with E-state index in [1.807, 2.05) is 24.9 Å². The first-order valence-corrected chi connectivity index (χ1v) is 11.5. The number of aryl methyl sites for hydroxylation is 3. The van der Waals surface area contributed by atoms with Crippen LogP contribution in [0.15, 0.2) is 58.6 Å². The number of benzene rings is 2. The number of hydrogen-bond donors (Lipinski definition) is 1. The average molecular weight is 437 g/mol. The lowest BCUT2D eigenvalue weighted by Gasteiger charge is -2.25. The zero-order chi connectivity index (χ0) is 21.1. The number of aromatic nitrogens is 2. The smallest absolute Gasteiger partial charge is 0.234 e. The first kappa shape index (κ1) is 20.6. The van der Waals surface area contributed by atoms with E-state index in [1.54, 1.807) is 11.8 Å². The van der Waals surface area contributed by atoms with E-state index < -0.39 is 0 Å². The fourth-order valence-electron chi connectivity index (χ4n) is 3.09. The zero-order valence-corrected chi connectivity index (χ0v) is 19.1. The first-order chi connectivity index (χ1) is 14.5. The Hall–Kier alpha value is -2.71. The molecule has 2 heterocycles. The molecule has 3 aromatic rings. The molecular weight excluding hydrogens is 412 g/mol. The average Bonchev–Trinajstić information content (AvgIpc) is 3.33. The second-order valence-corrected chi connectivity index (χ2v) is 9.50. The Morgan fingerprint density at radius 3 is 2.60 bits per heavy atom. The van der Waals surface area contributed by atoms with E-state index in [-0.39, 0.29) is 5.37 Å². The Bertz CT molecular complexity index is 1090. The Kier molecular flexibility index (Phi) is 6.15. The predicted molar refractivity (Wildman–Crippen MR) is 128 cm³/mol. The predicted octanol–water partition coefficient (Wildman–Crippen LogP) is 5.90. The lowest BCUT2D eigenvalue weighted by atomic mass is 10.1. The molecule has 1 atom stereocenters. The number of hydrazone groups is 1. The molecule has 154 valence electrons. The van der Waals surface area contributed by atoms with Crippen molar-refractivity contribution in [2.45, 2.75) is 39.5 Å². The van der Waals surface area contributed by atoms with Gasteiger partial charge in [0.25, 0.3) is 0 Å². The number of guanidine groups is 1. The maximum atomic E-state index is 4.80. The standard InChI is InChI=1S/C22H24N6S2/c1-5-17-7-6-8-19(13-17)23-21(24-22-26-25-15(3)30-22)28-20(29-16(4)27-28)18-11-9-14(2)10-12-18/h6-13,20H,5H2,1-4H3,(H,23,24,26). The van der Waals surface area contributed by atoms with Crippen molar-refractivity contribution in [3.8, 4) is 0 Å². The van der Waals surface area contributed by atoms with Crippen molar-refractivity contribution in [2.24, 2.45) is 10.1 Å². The van der Waals surface area contributed by atoms with Crippen molar-refractivity contribution in [2.75, 3.05) is 5.32 Å². The third-order valence-corrected chi connectivity index (χ3v) is 6.49. The van der Waals surface area contributed by atoms with Gasteiger partial charge < -0.3 is 5.32 Å². The molecule has 30 heavy (non-hydrogen) atoms. The van der Waals surface area contributed by atoms with E-state index in [0.29, 0.717) is 11.1 Å². The molecule has 1 unspecified atom stereocenters. The maximum Gasteiger partial charge on any atom is 0.234 e. The fourth-order valence-corrected chi connectivity index (χ4v) is 4.65. The number of thioether (sulfide) groups is 1. The van der Waals surface area contributed by atoms with Crippen molar-refractivity contribution in [1.82, 2.24) is 15.2 Å². The van der Waals surface area contributed by atoms with Crippen LogP contribution in [0.25, 0.3) is 0 Å². The molecule has 0 aliphatic carbocycles. The minimum Gasteiger partial charge on any atom is -0.324 e. The molecule has 0 fully saturated rings. The summed E-state index contributed by atoms with van der Waals surface area (Å²) < 4.78 is 0. The summed E-state index contributed by atoms with van der Waals surface area (Å²) in [4.78, 5) is 4.80. The molecule has 8 heteroatoms. The van der Waals surface area contributed by atoms with E-state index in [1.165, 1.54) is 28.0 Å². The number of nitrogens with zero attached hydrogens (tertiary/aromatic N) is 5. The van der Waals surface area contributed by atoms with Crippen LogP contribution in [-0.2, 0) is 6.42 Å². The van der Waals surface area contributed by atoms with Crippen molar-refractivity contribution in [3.05, 3.63) is 70.2 Å². The molecule has 0 radical (unpaired) electrons. The molecule has 6 nitrogen and oxygen atoms in total. The quantitative estimate of drug-likeness (QED) is 0.407. The lowest BCUT2D eigenvalue weighted by Crippen LogP contribution is -2.32. The summed E-state index contributed by atoms with van der Waals surface area (Å²) in [5.41, 5.74) is 4.65. The highest BCUT2D eigenvalue weighted by Gasteiger charge is 2.31. The number of rotatable bonds is 4. The number of anilines is 1. The third-order valence-electron chi connectivity index (χ3n) is 4.64. The van der Waals surface area contributed by atoms with Gasteiger partial charge in [-0.3, -0.25) is 0 Å². The largest absolute Gasteiger partial charge is 0.324 e. The van der Waals surface area contributed by atoms with E-state index in [9.17, 15) is 0 Å². The van der Waals surface area contributed by atoms with Gasteiger partial charge in [0.05, 0.1) is 5.04 Å². The van der Waals surface area contributed by atoms with Gasteiger partial charge in [-0.05, 0) is 50.5 Å². The normalized spacial score (nSPS) is 16.7. The molecule has 0 saturated heterocycles. The van der Waals surface area contributed by atoms with Crippen LogP contribution in [0.1, 0.15) is 40.9 Å². The van der Waals surface area contributed by atoms with Crippen molar-refractivity contribution < 1.29 is 0 Å². The summed E-state index contributed by atoms with van der Waals surface area (Å²) >= 11 is 3.18. The molecule has 1 aromatic heterocycles. The van der Waals surface area contributed by atoms with Crippen molar-refractivity contribution in [3.63, 3.8) is 0 Å². The summed E-state index contributed by atoms with van der Waals surface area (Å²) in [5, 5.41) is 21.0. The summed E-state index contributed by atoms with van der Waals surface area (Å²) in [6.07, 6.45) is 0.973. The van der Waals surface area contributed by atoms with Gasteiger partial charge in [0.2, 0.25) is 11.1 Å². The van der Waals surface area contributed by atoms with Gasteiger partial charge in [0.1, 0.15) is 10.4 Å². The maximum absolute atomic E-state index is 4.80. The van der Waals surface area contributed by atoms with Crippen molar-refractivity contribution in [1.29, 1.82) is 0 Å². The van der Waals surface area contributed by atoms with Gasteiger partial charge in [0, 0.05) is 5.69 Å². The lowest BCUT2D eigenvalue weighted by molar-refractivity contribution is 0.438. The van der Waals surface area contributed by atoms with E-state index in [2.05, 4.69) is 71.8 Å². The summed E-state index contributed by atoms with van der Waals surface area (Å²) in [6, 6.07) is 16.9. The monoisotopic (exact) mass is 436 g/mol. The van der Waals surface area contributed by atoms with Gasteiger partial charge in [0.15, 0.2) is 0 Å². The van der Waals surface area contributed by atoms with Gasteiger partial charge in [-0.2, -0.15) is 10.1 Å². The molecule has 0 bridgehead atoms.